The smallest absolute Gasteiger partial charge is 0.254 e. The van der Waals surface area contributed by atoms with Crippen molar-refractivity contribution in [1.29, 1.82) is 0 Å². The van der Waals surface area contributed by atoms with Gasteiger partial charge in [-0.05, 0) is 68.3 Å². The zero-order chi connectivity index (χ0) is 27.6. The van der Waals surface area contributed by atoms with Gasteiger partial charge in [-0.1, -0.05) is 12.1 Å². The fourth-order valence-corrected chi connectivity index (χ4v) is 6.61. The Balaban J connectivity index is 1.17. The number of carbonyl (C=O) groups is 1. The second-order valence-corrected chi connectivity index (χ2v) is 12.1. The van der Waals surface area contributed by atoms with Gasteiger partial charge in [0.25, 0.3) is 5.91 Å². The van der Waals surface area contributed by atoms with Crippen molar-refractivity contribution in [3.8, 4) is 22.4 Å². The molecule has 0 aliphatic carbocycles. The van der Waals surface area contributed by atoms with Gasteiger partial charge in [0.1, 0.15) is 5.52 Å². The molecule has 8 heteroatoms. The van der Waals surface area contributed by atoms with E-state index in [9.17, 15) is 4.79 Å². The summed E-state index contributed by atoms with van der Waals surface area (Å²) in [4.78, 5) is 33.0. The van der Waals surface area contributed by atoms with Gasteiger partial charge in [-0.3, -0.25) is 4.79 Å². The maximum atomic E-state index is 13.1. The van der Waals surface area contributed by atoms with Gasteiger partial charge < -0.3 is 24.4 Å². The zero-order valence-electron chi connectivity index (χ0n) is 23.8. The number of carbonyl (C=O) groups excluding carboxylic acids is 1. The Labute approximate surface area is 235 Å². The molecular formula is C32H36N6O2. The lowest BCUT2D eigenvalue weighted by atomic mass is 9.77. The molecule has 1 spiro atoms. The number of H-pyrrole nitrogens is 1. The maximum absolute atomic E-state index is 13.1. The van der Waals surface area contributed by atoms with E-state index in [1.807, 2.05) is 36.4 Å². The summed E-state index contributed by atoms with van der Waals surface area (Å²) in [6.45, 7) is 13.8. The standard InChI is InChI=1S/C32H36N6O2/c1-20-11-23(5-6-25(20)31(39)38-16-32(17-38)18-40-19-32)26-14-33-30-28(26)35-27(15-34-30)24-12-21(2)29(22(3)13-24)37-9-7-36(4)8-10-37/h5-6,11-15H,7-10,16-19H2,1-4H3,(H,33,34). The van der Waals surface area contributed by atoms with Gasteiger partial charge >= 0.3 is 0 Å². The van der Waals surface area contributed by atoms with E-state index >= 15 is 0 Å². The molecule has 0 atom stereocenters. The molecule has 0 unspecified atom stereocenters. The number of nitrogens with zero attached hydrogens (tertiary/aromatic N) is 5. The van der Waals surface area contributed by atoms with Crippen LogP contribution in [0.4, 0.5) is 5.69 Å². The molecule has 8 nitrogen and oxygen atoms in total. The first-order valence-corrected chi connectivity index (χ1v) is 14.2. The van der Waals surface area contributed by atoms with E-state index in [0.29, 0.717) is 0 Å². The van der Waals surface area contributed by atoms with Crippen molar-refractivity contribution in [2.24, 2.45) is 5.41 Å². The lowest BCUT2D eigenvalue weighted by Gasteiger charge is -2.55. The Morgan fingerprint density at radius 3 is 2.30 bits per heavy atom. The number of hydrogen-bond acceptors (Lipinski definition) is 6. The fraction of sp³-hybridized carbons (Fsp3) is 0.406. The normalized spacial score (nSPS) is 18.7. The van der Waals surface area contributed by atoms with Gasteiger partial charge in [0, 0.05) is 67.8 Å². The summed E-state index contributed by atoms with van der Waals surface area (Å²) in [6.07, 6.45) is 3.82. The van der Waals surface area contributed by atoms with Crippen LogP contribution in [0.15, 0.2) is 42.7 Å². The zero-order valence-corrected chi connectivity index (χ0v) is 23.8. The molecule has 0 bridgehead atoms. The number of benzene rings is 2. The number of likely N-dealkylation sites (N-methyl/N-ethyl adjacent to an activating group) is 1. The maximum Gasteiger partial charge on any atom is 0.254 e. The SMILES string of the molecule is Cc1cc(-c2c[nH]c3ncc(-c4cc(C)c(N5CCN(C)CC5)c(C)c4)nc23)ccc1C(=O)N1CC2(COC2)C1. The number of ether oxygens (including phenoxy) is 1. The molecule has 7 rings (SSSR count). The summed E-state index contributed by atoms with van der Waals surface area (Å²) in [5.41, 5.74) is 11.4. The van der Waals surface area contributed by atoms with Crippen LogP contribution in [0.3, 0.4) is 0 Å². The van der Waals surface area contributed by atoms with Crippen LogP contribution in [-0.4, -0.2) is 90.2 Å². The largest absolute Gasteiger partial charge is 0.380 e. The van der Waals surface area contributed by atoms with Gasteiger partial charge in [0.15, 0.2) is 5.65 Å². The highest BCUT2D eigenvalue weighted by Gasteiger charge is 2.50. The van der Waals surface area contributed by atoms with Crippen molar-refractivity contribution in [3.05, 3.63) is 65.0 Å². The average Bonchev–Trinajstić information content (AvgIpc) is 3.31. The van der Waals surface area contributed by atoms with Gasteiger partial charge in [-0.2, -0.15) is 0 Å². The van der Waals surface area contributed by atoms with Crippen LogP contribution < -0.4 is 4.90 Å². The molecule has 1 N–H and O–H groups in total. The van der Waals surface area contributed by atoms with Crippen molar-refractivity contribution in [3.63, 3.8) is 0 Å². The van der Waals surface area contributed by atoms with Gasteiger partial charge in [-0.15, -0.1) is 0 Å². The van der Waals surface area contributed by atoms with E-state index < -0.39 is 0 Å². The molecule has 3 aliphatic heterocycles. The minimum atomic E-state index is 0.105. The van der Waals surface area contributed by atoms with Crippen molar-refractivity contribution in [2.45, 2.75) is 20.8 Å². The molecule has 2 aromatic heterocycles. The molecule has 3 saturated heterocycles. The number of hydrogen-bond donors (Lipinski definition) is 1. The summed E-state index contributed by atoms with van der Waals surface area (Å²) >= 11 is 0. The van der Waals surface area contributed by atoms with Gasteiger partial charge in [0.05, 0.1) is 30.5 Å². The predicted molar refractivity (Wildman–Crippen MR) is 158 cm³/mol. The number of aromatic amines is 1. The first kappa shape index (κ1) is 25.2. The molecule has 3 fully saturated rings. The number of aryl methyl sites for hydroxylation is 3. The monoisotopic (exact) mass is 536 g/mol. The summed E-state index contributed by atoms with van der Waals surface area (Å²) in [5, 5.41) is 0. The van der Waals surface area contributed by atoms with E-state index in [1.165, 1.54) is 16.8 Å². The third-order valence-corrected chi connectivity index (χ3v) is 8.91. The molecule has 1 amide bonds. The Morgan fingerprint density at radius 1 is 0.950 bits per heavy atom. The highest BCUT2D eigenvalue weighted by atomic mass is 16.5. The molecule has 0 saturated carbocycles. The minimum absolute atomic E-state index is 0.105. The first-order chi connectivity index (χ1) is 19.3. The highest BCUT2D eigenvalue weighted by Crippen LogP contribution is 2.39. The van der Waals surface area contributed by atoms with Crippen molar-refractivity contribution >= 4 is 22.8 Å². The number of fused-ring (bicyclic) bond motifs is 1. The fourth-order valence-electron chi connectivity index (χ4n) is 6.61. The number of rotatable bonds is 4. The van der Waals surface area contributed by atoms with E-state index in [4.69, 9.17) is 14.7 Å². The molecule has 0 radical (unpaired) electrons. The van der Waals surface area contributed by atoms with E-state index in [2.05, 4.69) is 53.9 Å². The van der Waals surface area contributed by atoms with Crippen LogP contribution >= 0.6 is 0 Å². The Kier molecular flexibility index (Phi) is 5.94. The third kappa shape index (κ3) is 4.17. The molecule has 2 aromatic carbocycles. The number of likely N-dealkylation sites (tertiary alicyclic amines) is 1. The van der Waals surface area contributed by atoms with Crippen LogP contribution in [0, 0.1) is 26.2 Å². The van der Waals surface area contributed by atoms with E-state index in [0.717, 1.165) is 97.2 Å². The topological polar surface area (TPSA) is 77.6 Å². The molecular weight excluding hydrogens is 500 g/mol. The Morgan fingerprint density at radius 2 is 1.65 bits per heavy atom. The summed E-state index contributed by atoms with van der Waals surface area (Å²) in [6, 6.07) is 10.5. The molecule has 206 valence electrons. The second-order valence-electron chi connectivity index (χ2n) is 12.1. The number of amides is 1. The van der Waals surface area contributed by atoms with Crippen LogP contribution in [0.5, 0.6) is 0 Å². The second kappa shape index (κ2) is 9.42. The first-order valence-electron chi connectivity index (χ1n) is 14.2. The Hall–Kier alpha value is -3.75. The highest BCUT2D eigenvalue weighted by molar-refractivity contribution is 5.98. The third-order valence-electron chi connectivity index (χ3n) is 8.91. The molecule has 3 aliphatic rings. The number of piperazine rings is 1. The van der Waals surface area contributed by atoms with Gasteiger partial charge in [0.2, 0.25) is 0 Å². The lowest BCUT2D eigenvalue weighted by Crippen LogP contribution is -2.67. The quantitative estimate of drug-likeness (QED) is 0.416. The van der Waals surface area contributed by atoms with E-state index in [1.54, 1.807) is 0 Å². The average molecular weight is 537 g/mol. The predicted octanol–water partition coefficient (Wildman–Crippen LogP) is 4.44. The molecule has 40 heavy (non-hydrogen) atoms. The van der Waals surface area contributed by atoms with Crippen LogP contribution in [0.25, 0.3) is 33.5 Å². The number of aromatic nitrogens is 3. The Bertz CT molecular complexity index is 1600. The van der Waals surface area contributed by atoms with Crippen molar-refractivity contribution in [1.82, 2.24) is 24.8 Å². The molecule has 5 heterocycles. The lowest BCUT2D eigenvalue weighted by molar-refractivity contribution is -0.176. The van der Waals surface area contributed by atoms with Crippen LogP contribution in [0.1, 0.15) is 27.0 Å². The molecule has 4 aromatic rings. The number of nitrogens with one attached hydrogen (secondary N) is 1. The van der Waals surface area contributed by atoms with Crippen molar-refractivity contribution < 1.29 is 9.53 Å². The van der Waals surface area contributed by atoms with Crippen LogP contribution in [-0.2, 0) is 4.74 Å². The summed E-state index contributed by atoms with van der Waals surface area (Å²) in [5.74, 6) is 0.105. The summed E-state index contributed by atoms with van der Waals surface area (Å²) in [7, 11) is 2.19. The van der Waals surface area contributed by atoms with Crippen LogP contribution in [0.2, 0.25) is 0 Å². The minimum Gasteiger partial charge on any atom is -0.380 e. The van der Waals surface area contributed by atoms with Gasteiger partial charge in [-0.25, -0.2) is 9.97 Å². The van der Waals surface area contributed by atoms with Crippen molar-refractivity contribution in [2.75, 3.05) is 64.4 Å². The number of anilines is 1. The summed E-state index contributed by atoms with van der Waals surface area (Å²) < 4.78 is 5.36. The van der Waals surface area contributed by atoms with E-state index in [-0.39, 0.29) is 11.3 Å².